The summed E-state index contributed by atoms with van der Waals surface area (Å²) in [5.41, 5.74) is 0.903. The molecule has 3 aromatic rings. The van der Waals surface area contributed by atoms with E-state index < -0.39 is 10.0 Å². The van der Waals surface area contributed by atoms with Crippen molar-refractivity contribution in [1.82, 2.24) is 9.29 Å². The van der Waals surface area contributed by atoms with Crippen molar-refractivity contribution in [3.05, 3.63) is 59.6 Å². The molecule has 6 heteroatoms. The topological polar surface area (TPSA) is 50.3 Å². The summed E-state index contributed by atoms with van der Waals surface area (Å²) in [7, 11) is -1.93. The maximum absolute atomic E-state index is 12.7. The zero-order chi connectivity index (χ0) is 15.7. The lowest BCUT2D eigenvalue weighted by molar-refractivity contribution is 0.398. The van der Waals surface area contributed by atoms with Gasteiger partial charge in [-0.25, -0.2) is 13.4 Å². The normalized spacial score (nSPS) is 13.6. The third-order valence-electron chi connectivity index (χ3n) is 3.63. The summed E-state index contributed by atoms with van der Waals surface area (Å²) >= 11 is 1.53. The average Bonchev–Trinajstić information content (AvgIpc) is 2.98. The van der Waals surface area contributed by atoms with Crippen molar-refractivity contribution >= 4 is 31.6 Å². The number of sulfonamides is 1. The van der Waals surface area contributed by atoms with Crippen LogP contribution in [0.3, 0.4) is 0 Å². The van der Waals surface area contributed by atoms with E-state index in [-0.39, 0.29) is 6.04 Å². The smallest absolute Gasteiger partial charge is 0.239 e. The second-order valence-corrected chi connectivity index (χ2v) is 8.09. The summed E-state index contributed by atoms with van der Waals surface area (Å²) in [6, 6.07) is 16.0. The Morgan fingerprint density at radius 3 is 2.36 bits per heavy atom. The molecule has 0 fully saturated rings. The summed E-state index contributed by atoms with van der Waals surface area (Å²) < 4.78 is 27.8. The Kier molecular flexibility index (Phi) is 3.99. The second kappa shape index (κ2) is 5.79. The van der Waals surface area contributed by atoms with Crippen LogP contribution in [-0.2, 0) is 10.0 Å². The van der Waals surface area contributed by atoms with Crippen molar-refractivity contribution < 1.29 is 8.42 Å². The van der Waals surface area contributed by atoms with Gasteiger partial charge in [0.25, 0.3) is 0 Å². The molecule has 1 heterocycles. The van der Waals surface area contributed by atoms with Gasteiger partial charge in [0.2, 0.25) is 10.0 Å². The monoisotopic (exact) mass is 332 g/mol. The van der Waals surface area contributed by atoms with Gasteiger partial charge in [-0.15, -0.1) is 11.3 Å². The van der Waals surface area contributed by atoms with Crippen LogP contribution in [0.4, 0.5) is 0 Å². The zero-order valence-corrected chi connectivity index (χ0v) is 13.9. The Hall–Kier alpha value is -1.76. The predicted molar refractivity (Wildman–Crippen MR) is 89.4 cm³/mol. The van der Waals surface area contributed by atoms with Crippen LogP contribution in [0.1, 0.15) is 18.0 Å². The van der Waals surface area contributed by atoms with E-state index >= 15 is 0 Å². The van der Waals surface area contributed by atoms with Gasteiger partial charge in [0.15, 0.2) is 0 Å². The zero-order valence-electron chi connectivity index (χ0n) is 12.3. The number of hydrogen-bond donors (Lipinski definition) is 0. The van der Waals surface area contributed by atoms with Crippen molar-refractivity contribution in [3.63, 3.8) is 0 Å². The maximum Gasteiger partial charge on any atom is 0.243 e. The van der Waals surface area contributed by atoms with Crippen molar-refractivity contribution in [3.8, 4) is 0 Å². The Labute approximate surface area is 134 Å². The summed E-state index contributed by atoms with van der Waals surface area (Å²) in [5, 5.41) is 0.795. The lowest BCUT2D eigenvalue weighted by Crippen LogP contribution is -2.29. The molecule has 0 aliphatic carbocycles. The first-order chi connectivity index (χ1) is 10.5. The van der Waals surface area contributed by atoms with Gasteiger partial charge in [-0.1, -0.05) is 30.3 Å². The predicted octanol–water partition coefficient (Wildman–Crippen LogP) is 3.68. The van der Waals surface area contributed by atoms with Gasteiger partial charge in [0, 0.05) is 7.05 Å². The number of nitrogens with zero attached hydrogens (tertiary/aromatic N) is 2. The highest BCUT2D eigenvalue weighted by atomic mass is 32.2. The van der Waals surface area contributed by atoms with Gasteiger partial charge in [-0.2, -0.15) is 4.31 Å². The van der Waals surface area contributed by atoms with E-state index in [9.17, 15) is 8.42 Å². The molecule has 0 aliphatic heterocycles. The Morgan fingerprint density at radius 2 is 1.68 bits per heavy atom. The fourth-order valence-electron chi connectivity index (χ4n) is 2.19. The second-order valence-electron chi connectivity index (χ2n) is 5.03. The van der Waals surface area contributed by atoms with E-state index in [0.717, 1.165) is 15.2 Å². The summed E-state index contributed by atoms with van der Waals surface area (Å²) in [4.78, 5) is 4.85. The van der Waals surface area contributed by atoms with Gasteiger partial charge >= 0.3 is 0 Å². The lowest BCUT2D eigenvalue weighted by atomic mass is 10.3. The third-order valence-corrected chi connectivity index (χ3v) is 6.78. The van der Waals surface area contributed by atoms with Crippen LogP contribution in [0.2, 0.25) is 0 Å². The highest BCUT2D eigenvalue weighted by molar-refractivity contribution is 7.89. The van der Waals surface area contributed by atoms with E-state index in [1.165, 1.54) is 15.6 Å². The van der Waals surface area contributed by atoms with Gasteiger partial charge in [-0.05, 0) is 31.2 Å². The van der Waals surface area contributed by atoms with E-state index in [2.05, 4.69) is 4.98 Å². The van der Waals surface area contributed by atoms with E-state index in [4.69, 9.17) is 0 Å². The quantitative estimate of drug-likeness (QED) is 0.732. The van der Waals surface area contributed by atoms with Crippen LogP contribution >= 0.6 is 11.3 Å². The molecular formula is C16H16N2O2S2. The molecule has 114 valence electrons. The number of rotatable bonds is 4. The average molecular weight is 332 g/mol. The standard InChI is InChI=1S/C16H16N2O2S2/c1-12(16-17-14-10-6-7-11-15(14)21-16)18(2)22(19,20)13-8-4-3-5-9-13/h3-12H,1-2H3. The fourth-order valence-corrected chi connectivity index (χ4v) is 4.67. The molecule has 1 unspecified atom stereocenters. The highest BCUT2D eigenvalue weighted by Gasteiger charge is 2.27. The SMILES string of the molecule is CC(c1nc2ccccc2s1)N(C)S(=O)(=O)c1ccccc1. The molecule has 0 radical (unpaired) electrons. The minimum absolute atomic E-state index is 0.297. The molecule has 0 bridgehead atoms. The van der Waals surface area contributed by atoms with Crippen molar-refractivity contribution in [1.29, 1.82) is 0 Å². The summed E-state index contributed by atoms with van der Waals surface area (Å²) in [5.74, 6) is 0. The Balaban J connectivity index is 1.95. The summed E-state index contributed by atoms with van der Waals surface area (Å²) in [6.45, 7) is 1.86. The molecule has 1 atom stereocenters. The maximum atomic E-state index is 12.7. The van der Waals surface area contributed by atoms with Crippen molar-refractivity contribution in [2.45, 2.75) is 17.9 Å². The minimum atomic E-state index is -3.52. The first-order valence-electron chi connectivity index (χ1n) is 6.88. The summed E-state index contributed by atoms with van der Waals surface area (Å²) in [6.07, 6.45) is 0. The number of thiazole rings is 1. The van der Waals surface area contributed by atoms with Crippen LogP contribution in [0.25, 0.3) is 10.2 Å². The largest absolute Gasteiger partial charge is 0.243 e. The number of aromatic nitrogens is 1. The number of para-hydroxylation sites is 1. The molecule has 0 saturated carbocycles. The van der Waals surface area contributed by atoms with Gasteiger partial charge in [0.05, 0.1) is 21.2 Å². The van der Waals surface area contributed by atoms with Crippen LogP contribution in [0, 0.1) is 0 Å². The molecular weight excluding hydrogens is 316 g/mol. The Morgan fingerprint density at radius 1 is 1.05 bits per heavy atom. The van der Waals surface area contributed by atoms with Gasteiger partial charge in [0.1, 0.15) is 5.01 Å². The molecule has 0 N–H and O–H groups in total. The molecule has 0 amide bonds. The Bertz CT molecular complexity index is 856. The molecule has 3 rings (SSSR count). The molecule has 2 aromatic carbocycles. The molecule has 4 nitrogen and oxygen atoms in total. The van der Waals surface area contributed by atoms with Gasteiger partial charge < -0.3 is 0 Å². The first kappa shape index (κ1) is 15.1. The number of hydrogen-bond acceptors (Lipinski definition) is 4. The van der Waals surface area contributed by atoms with E-state index in [1.807, 2.05) is 31.2 Å². The number of fused-ring (bicyclic) bond motifs is 1. The molecule has 1 aromatic heterocycles. The fraction of sp³-hybridized carbons (Fsp3) is 0.188. The number of benzene rings is 2. The van der Waals surface area contributed by atoms with Crippen molar-refractivity contribution in [2.24, 2.45) is 0 Å². The van der Waals surface area contributed by atoms with Crippen molar-refractivity contribution in [2.75, 3.05) is 7.05 Å². The van der Waals surface area contributed by atoms with E-state index in [0.29, 0.717) is 4.90 Å². The minimum Gasteiger partial charge on any atom is -0.239 e. The molecule has 0 saturated heterocycles. The first-order valence-corrected chi connectivity index (χ1v) is 9.14. The van der Waals surface area contributed by atoms with Crippen LogP contribution in [0.15, 0.2) is 59.5 Å². The third kappa shape index (κ3) is 2.65. The van der Waals surface area contributed by atoms with Crippen LogP contribution < -0.4 is 0 Å². The van der Waals surface area contributed by atoms with E-state index in [1.54, 1.807) is 37.4 Å². The molecule has 0 aliphatic rings. The lowest BCUT2D eigenvalue weighted by Gasteiger charge is -2.22. The molecule has 22 heavy (non-hydrogen) atoms. The van der Waals surface area contributed by atoms with Crippen LogP contribution in [-0.4, -0.2) is 24.8 Å². The van der Waals surface area contributed by atoms with Crippen LogP contribution in [0.5, 0.6) is 0 Å². The van der Waals surface area contributed by atoms with Gasteiger partial charge in [-0.3, -0.25) is 0 Å². The highest BCUT2D eigenvalue weighted by Crippen LogP contribution is 2.31. The molecule has 0 spiro atoms.